The van der Waals surface area contributed by atoms with E-state index < -0.39 is 0 Å². The van der Waals surface area contributed by atoms with Gasteiger partial charge < -0.3 is 0 Å². The van der Waals surface area contributed by atoms with Crippen LogP contribution in [0.3, 0.4) is 0 Å². The molecule has 0 aromatic carbocycles. The van der Waals surface area contributed by atoms with E-state index in [-0.39, 0.29) is 0 Å². The molecule has 0 amide bonds. The highest BCUT2D eigenvalue weighted by atomic mass is 32.1. The first-order valence-electron chi connectivity index (χ1n) is 6.40. The quantitative estimate of drug-likeness (QED) is 0.739. The van der Waals surface area contributed by atoms with Crippen LogP contribution in [0, 0.1) is 11.3 Å². The van der Waals surface area contributed by atoms with Crippen molar-refractivity contribution in [2.75, 3.05) is 0 Å². The van der Waals surface area contributed by atoms with E-state index in [0.717, 1.165) is 15.6 Å². The summed E-state index contributed by atoms with van der Waals surface area (Å²) in [6.45, 7) is 4.14. The number of hydrogen-bond acceptors (Lipinski definition) is 7. The average molecular weight is 316 g/mol. The Kier molecular flexibility index (Phi) is 3.77. The van der Waals surface area contributed by atoms with Crippen LogP contribution in [0.1, 0.15) is 41.0 Å². The molecule has 0 aliphatic rings. The SMILES string of the molecule is CC(C)c1nnc(-n2nnc(C#N)c2Cc2cccs2)s1. The number of nitrogens with zero attached hydrogens (tertiary/aromatic N) is 6. The first-order valence-corrected chi connectivity index (χ1v) is 8.09. The fourth-order valence-corrected chi connectivity index (χ4v) is 3.35. The fraction of sp³-hybridized carbons (Fsp3) is 0.308. The summed E-state index contributed by atoms with van der Waals surface area (Å²) in [5.74, 6) is 0.316. The number of rotatable bonds is 4. The summed E-state index contributed by atoms with van der Waals surface area (Å²) < 4.78 is 1.63. The highest BCUT2D eigenvalue weighted by Crippen LogP contribution is 2.24. The predicted octanol–water partition coefficient (Wildman–Crippen LogP) is 2.77. The second-order valence-electron chi connectivity index (χ2n) is 4.74. The Morgan fingerprint density at radius 3 is 2.81 bits per heavy atom. The van der Waals surface area contributed by atoms with Crippen molar-refractivity contribution in [3.63, 3.8) is 0 Å². The van der Waals surface area contributed by atoms with E-state index in [0.29, 0.717) is 23.2 Å². The van der Waals surface area contributed by atoms with Crippen LogP contribution in [0.4, 0.5) is 0 Å². The zero-order chi connectivity index (χ0) is 14.8. The Bertz CT molecular complexity index is 778. The minimum atomic E-state index is 0.316. The van der Waals surface area contributed by atoms with Crippen molar-refractivity contribution in [1.29, 1.82) is 5.26 Å². The van der Waals surface area contributed by atoms with Gasteiger partial charge in [-0.1, -0.05) is 36.5 Å². The molecule has 0 unspecified atom stereocenters. The largest absolute Gasteiger partial charge is 0.234 e. The summed E-state index contributed by atoms with van der Waals surface area (Å²) in [7, 11) is 0. The van der Waals surface area contributed by atoms with Crippen LogP contribution < -0.4 is 0 Å². The molecule has 0 bridgehead atoms. The topological polar surface area (TPSA) is 80.3 Å². The van der Waals surface area contributed by atoms with Crippen molar-refractivity contribution in [1.82, 2.24) is 25.2 Å². The molecule has 6 nitrogen and oxygen atoms in total. The molecule has 0 spiro atoms. The van der Waals surface area contributed by atoms with Crippen LogP contribution in [0.15, 0.2) is 17.5 Å². The molecule has 0 saturated carbocycles. The van der Waals surface area contributed by atoms with Crippen LogP contribution in [0.5, 0.6) is 0 Å². The summed E-state index contributed by atoms with van der Waals surface area (Å²) in [6.07, 6.45) is 0.615. The normalized spacial score (nSPS) is 11.0. The third-order valence-corrected chi connectivity index (χ3v) is 4.97. The Morgan fingerprint density at radius 2 is 2.19 bits per heavy atom. The van der Waals surface area contributed by atoms with Gasteiger partial charge in [0.15, 0.2) is 5.69 Å². The molecule has 0 N–H and O–H groups in total. The van der Waals surface area contributed by atoms with E-state index in [9.17, 15) is 5.26 Å². The van der Waals surface area contributed by atoms with Gasteiger partial charge in [-0.25, -0.2) is 0 Å². The third kappa shape index (κ3) is 2.70. The molecule has 8 heteroatoms. The summed E-state index contributed by atoms with van der Waals surface area (Å²) in [5.41, 5.74) is 1.09. The molecule has 0 saturated heterocycles. The molecular formula is C13H12N6S2. The smallest absolute Gasteiger partial charge is 0.191 e. The molecule has 21 heavy (non-hydrogen) atoms. The molecule has 3 aromatic heterocycles. The molecule has 0 aliphatic heterocycles. The molecule has 3 rings (SSSR count). The molecule has 0 atom stereocenters. The number of hydrogen-bond donors (Lipinski definition) is 0. The van der Waals surface area contributed by atoms with Gasteiger partial charge in [0.05, 0.1) is 5.69 Å². The number of nitriles is 1. The van der Waals surface area contributed by atoms with Gasteiger partial charge in [0.25, 0.3) is 0 Å². The van der Waals surface area contributed by atoms with Gasteiger partial charge in [0, 0.05) is 17.2 Å². The van der Waals surface area contributed by atoms with E-state index in [1.807, 2.05) is 17.5 Å². The lowest BCUT2D eigenvalue weighted by molar-refractivity contribution is 0.751. The van der Waals surface area contributed by atoms with Gasteiger partial charge in [-0.05, 0) is 11.4 Å². The van der Waals surface area contributed by atoms with E-state index in [1.54, 1.807) is 16.0 Å². The fourth-order valence-electron chi connectivity index (χ4n) is 1.82. The van der Waals surface area contributed by atoms with Crippen molar-refractivity contribution < 1.29 is 0 Å². The summed E-state index contributed by atoms with van der Waals surface area (Å²) in [5, 5.41) is 29.2. The highest BCUT2D eigenvalue weighted by molar-refractivity contribution is 7.13. The van der Waals surface area contributed by atoms with Gasteiger partial charge >= 0.3 is 0 Å². The van der Waals surface area contributed by atoms with Crippen molar-refractivity contribution >= 4 is 22.7 Å². The standard InChI is InChI=1S/C13H12N6S2/c1-8(2)12-16-17-13(21-12)19-11(10(7-14)15-18-19)6-9-4-3-5-20-9/h3-5,8H,6H2,1-2H3. The lowest BCUT2D eigenvalue weighted by atomic mass is 10.2. The molecule has 0 radical (unpaired) electrons. The van der Waals surface area contributed by atoms with Crippen molar-refractivity contribution in [2.24, 2.45) is 0 Å². The van der Waals surface area contributed by atoms with Crippen molar-refractivity contribution in [3.8, 4) is 11.2 Å². The zero-order valence-electron chi connectivity index (χ0n) is 11.5. The zero-order valence-corrected chi connectivity index (χ0v) is 13.1. The summed E-state index contributed by atoms with van der Waals surface area (Å²) in [6, 6.07) is 6.11. The minimum absolute atomic E-state index is 0.316. The summed E-state index contributed by atoms with van der Waals surface area (Å²) >= 11 is 3.12. The molecule has 0 aliphatic carbocycles. The molecule has 0 fully saturated rings. The predicted molar refractivity (Wildman–Crippen MR) is 80.8 cm³/mol. The van der Waals surface area contributed by atoms with Crippen LogP contribution in [-0.4, -0.2) is 25.2 Å². The average Bonchev–Trinajstić information content (AvgIpc) is 3.18. The molecular weight excluding hydrogens is 304 g/mol. The van der Waals surface area contributed by atoms with E-state index >= 15 is 0 Å². The van der Waals surface area contributed by atoms with Gasteiger partial charge in [0.1, 0.15) is 11.1 Å². The molecule has 3 aromatic rings. The second kappa shape index (κ2) is 5.71. The van der Waals surface area contributed by atoms with Crippen LogP contribution >= 0.6 is 22.7 Å². The summed E-state index contributed by atoms with van der Waals surface area (Å²) in [4.78, 5) is 1.16. The maximum Gasteiger partial charge on any atom is 0.234 e. The maximum absolute atomic E-state index is 9.21. The van der Waals surface area contributed by atoms with Crippen LogP contribution in [0.25, 0.3) is 5.13 Å². The van der Waals surface area contributed by atoms with E-state index in [1.165, 1.54) is 11.3 Å². The molecule has 3 heterocycles. The van der Waals surface area contributed by atoms with Gasteiger partial charge in [0.2, 0.25) is 5.13 Å². The Morgan fingerprint density at radius 1 is 1.33 bits per heavy atom. The maximum atomic E-state index is 9.21. The first kappa shape index (κ1) is 13.9. The number of thiophene rings is 1. The Hall–Kier alpha value is -2.11. The van der Waals surface area contributed by atoms with Crippen LogP contribution in [-0.2, 0) is 6.42 Å². The van der Waals surface area contributed by atoms with Crippen molar-refractivity contribution in [2.45, 2.75) is 26.2 Å². The monoisotopic (exact) mass is 316 g/mol. The first-order chi connectivity index (χ1) is 10.2. The molecule has 106 valence electrons. The van der Waals surface area contributed by atoms with E-state index in [2.05, 4.69) is 40.4 Å². The minimum Gasteiger partial charge on any atom is -0.191 e. The van der Waals surface area contributed by atoms with Crippen LogP contribution in [0.2, 0.25) is 0 Å². The van der Waals surface area contributed by atoms with Crippen molar-refractivity contribution in [3.05, 3.63) is 38.8 Å². The Balaban J connectivity index is 2.02. The van der Waals surface area contributed by atoms with Gasteiger partial charge in [-0.2, -0.15) is 9.94 Å². The third-order valence-electron chi connectivity index (χ3n) is 2.90. The lowest BCUT2D eigenvalue weighted by Crippen LogP contribution is -2.03. The second-order valence-corrected chi connectivity index (χ2v) is 6.76. The van der Waals surface area contributed by atoms with Gasteiger partial charge in [-0.15, -0.1) is 26.6 Å². The number of aromatic nitrogens is 5. The van der Waals surface area contributed by atoms with E-state index in [4.69, 9.17) is 0 Å². The lowest BCUT2D eigenvalue weighted by Gasteiger charge is -2.01. The van der Waals surface area contributed by atoms with Gasteiger partial charge in [-0.3, -0.25) is 0 Å². The highest BCUT2D eigenvalue weighted by Gasteiger charge is 2.18. The Labute approximate surface area is 129 Å².